The van der Waals surface area contributed by atoms with Crippen LogP contribution < -0.4 is 0 Å². The summed E-state index contributed by atoms with van der Waals surface area (Å²) in [5.41, 5.74) is 1.31. The van der Waals surface area contributed by atoms with E-state index in [1.165, 1.54) is 10.5 Å². The zero-order valence-corrected chi connectivity index (χ0v) is 8.97. The molecule has 0 aromatic heterocycles. The normalized spacial score (nSPS) is 12.8. The van der Waals surface area contributed by atoms with Gasteiger partial charge >= 0.3 is 0 Å². The van der Waals surface area contributed by atoms with E-state index < -0.39 is 0 Å². The first kappa shape index (κ1) is 10.6. The monoisotopic (exact) mass is 196 g/mol. The Bertz CT molecular complexity index is 258. The van der Waals surface area contributed by atoms with Gasteiger partial charge in [-0.2, -0.15) is 0 Å². The molecule has 0 radical (unpaired) electrons. The largest absolute Gasteiger partial charge is 0.393 e. The van der Waals surface area contributed by atoms with Crippen molar-refractivity contribution in [3.05, 3.63) is 29.8 Å². The highest BCUT2D eigenvalue weighted by Crippen LogP contribution is 2.16. The number of aliphatic hydroxyl groups excluding tert-OH is 1. The molecule has 72 valence electrons. The lowest BCUT2D eigenvalue weighted by Crippen LogP contribution is -2.01. The molecule has 1 nitrogen and oxygen atoms in total. The summed E-state index contributed by atoms with van der Waals surface area (Å²) >= 11 is 1.75. The molecule has 0 aliphatic carbocycles. The molecule has 1 aromatic rings. The Labute approximate surface area is 84.2 Å². The van der Waals surface area contributed by atoms with Crippen LogP contribution in [-0.2, 0) is 6.42 Å². The highest BCUT2D eigenvalue weighted by Gasteiger charge is 1.98. The fraction of sp³-hybridized carbons (Fsp3) is 0.455. The van der Waals surface area contributed by atoms with Gasteiger partial charge in [0, 0.05) is 4.90 Å². The van der Waals surface area contributed by atoms with Gasteiger partial charge in [-0.05, 0) is 43.7 Å². The van der Waals surface area contributed by atoms with E-state index in [-0.39, 0.29) is 6.10 Å². The summed E-state index contributed by atoms with van der Waals surface area (Å²) in [4.78, 5) is 1.29. The average Bonchev–Trinajstić information content (AvgIpc) is 2.15. The molecule has 0 saturated heterocycles. The van der Waals surface area contributed by atoms with Crippen molar-refractivity contribution in [2.24, 2.45) is 0 Å². The Kier molecular flexibility index (Phi) is 4.33. The molecule has 0 aliphatic rings. The molecule has 2 heteroatoms. The Morgan fingerprint density at radius 1 is 1.46 bits per heavy atom. The van der Waals surface area contributed by atoms with Gasteiger partial charge in [-0.25, -0.2) is 0 Å². The van der Waals surface area contributed by atoms with Crippen LogP contribution in [0.2, 0.25) is 0 Å². The summed E-state index contributed by atoms with van der Waals surface area (Å²) in [5.74, 6) is 0. The van der Waals surface area contributed by atoms with Crippen molar-refractivity contribution in [2.75, 3.05) is 6.26 Å². The second-order valence-electron chi connectivity index (χ2n) is 3.24. The summed E-state index contributed by atoms with van der Waals surface area (Å²) in [7, 11) is 0. The maximum absolute atomic E-state index is 9.13. The number of hydrogen-bond acceptors (Lipinski definition) is 2. The van der Waals surface area contributed by atoms with Crippen molar-refractivity contribution in [2.45, 2.75) is 30.8 Å². The lowest BCUT2D eigenvalue weighted by molar-refractivity contribution is 0.185. The van der Waals surface area contributed by atoms with Crippen LogP contribution in [0, 0.1) is 0 Å². The standard InChI is InChI=1S/C11H16OS/c1-9(12)6-7-10-4-3-5-11(8-10)13-2/h3-5,8-9,12H,6-7H2,1-2H3. The lowest BCUT2D eigenvalue weighted by atomic mass is 10.1. The van der Waals surface area contributed by atoms with Crippen molar-refractivity contribution >= 4 is 11.8 Å². The van der Waals surface area contributed by atoms with Crippen molar-refractivity contribution < 1.29 is 5.11 Å². The molecule has 0 bridgehead atoms. The number of rotatable bonds is 4. The van der Waals surface area contributed by atoms with E-state index in [1.54, 1.807) is 11.8 Å². The van der Waals surface area contributed by atoms with Crippen LogP contribution in [0.15, 0.2) is 29.2 Å². The molecular formula is C11H16OS. The first-order valence-electron chi connectivity index (χ1n) is 4.53. The van der Waals surface area contributed by atoms with Gasteiger partial charge in [-0.3, -0.25) is 0 Å². The van der Waals surface area contributed by atoms with Crippen LogP contribution in [-0.4, -0.2) is 17.5 Å². The predicted octanol–water partition coefficient (Wildman–Crippen LogP) is 2.72. The van der Waals surface area contributed by atoms with E-state index >= 15 is 0 Å². The quantitative estimate of drug-likeness (QED) is 0.747. The van der Waals surface area contributed by atoms with Gasteiger partial charge in [0.05, 0.1) is 6.10 Å². The molecule has 0 saturated carbocycles. The molecule has 1 unspecified atom stereocenters. The third-order valence-electron chi connectivity index (χ3n) is 1.98. The third kappa shape index (κ3) is 3.83. The zero-order chi connectivity index (χ0) is 9.68. The van der Waals surface area contributed by atoms with Gasteiger partial charge in [0.2, 0.25) is 0 Å². The minimum Gasteiger partial charge on any atom is -0.393 e. The van der Waals surface area contributed by atoms with Crippen LogP contribution in [0.25, 0.3) is 0 Å². The third-order valence-corrected chi connectivity index (χ3v) is 2.71. The van der Waals surface area contributed by atoms with Crippen LogP contribution in [0.1, 0.15) is 18.9 Å². The maximum Gasteiger partial charge on any atom is 0.0515 e. The van der Waals surface area contributed by atoms with Gasteiger partial charge < -0.3 is 5.11 Å². The molecule has 0 amide bonds. The van der Waals surface area contributed by atoms with Crippen LogP contribution >= 0.6 is 11.8 Å². The number of aryl methyl sites for hydroxylation is 1. The Morgan fingerprint density at radius 2 is 2.23 bits per heavy atom. The average molecular weight is 196 g/mol. The van der Waals surface area contributed by atoms with Gasteiger partial charge in [-0.15, -0.1) is 11.8 Å². The highest BCUT2D eigenvalue weighted by molar-refractivity contribution is 7.98. The number of benzene rings is 1. The molecule has 1 rings (SSSR count). The van der Waals surface area contributed by atoms with Crippen molar-refractivity contribution in [3.8, 4) is 0 Å². The van der Waals surface area contributed by atoms with Gasteiger partial charge in [-0.1, -0.05) is 12.1 Å². The van der Waals surface area contributed by atoms with E-state index in [0.717, 1.165) is 12.8 Å². The predicted molar refractivity (Wildman–Crippen MR) is 58.2 cm³/mol. The number of hydrogen-bond donors (Lipinski definition) is 1. The summed E-state index contributed by atoms with van der Waals surface area (Å²) in [6.45, 7) is 1.83. The van der Waals surface area contributed by atoms with E-state index in [1.807, 2.05) is 6.92 Å². The summed E-state index contributed by atoms with van der Waals surface area (Å²) in [6.07, 6.45) is 3.69. The maximum atomic E-state index is 9.13. The molecule has 0 spiro atoms. The number of thioether (sulfide) groups is 1. The second-order valence-corrected chi connectivity index (χ2v) is 4.12. The first-order chi connectivity index (χ1) is 6.22. The van der Waals surface area contributed by atoms with Gasteiger partial charge in [0.1, 0.15) is 0 Å². The van der Waals surface area contributed by atoms with E-state index in [9.17, 15) is 0 Å². The second kappa shape index (κ2) is 5.30. The minimum absolute atomic E-state index is 0.196. The van der Waals surface area contributed by atoms with Gasteiger partial charge in [0.15, 0.2) is 0 Å². The molecule has 13 heavy (non-hydrogen) atoms. The minimum atomic E-state index is -0.196. The Hall–Kier alpha value is -0.470. The SMILES string of the molecule is CSc1cccc(CCC(C)O)c1. The van der Waals surface area contributed by atoms with Crippen molar-refractivity contribution in [1.29, 1.82) is 0 Å². The van der Waals surface area contributed by atoms with Gasteiger partial charge in [0.25, 0.3) is 0 Å². The molecule has 1 N–H and O–H groups in total. The first-order valence-corrected chi connectivity index (χ1v) is 5.76. The smallest absolute Gasteiger partial charge is 0.0515 e. The topological polar surface area (TPSA) is 20.2 Å². The highest BCUT2D eigenvalue weighted by atomic mass is 32.2. The van der Waals surface area contributed by atoms with E-state index in [4.69, 9.17) is 5.11 Å². The fourth-order valence-electron chi connectivity index (χ4n) is 1.20. The Balaban J connectivity index is 2.56. The van der Waals surface area contributed by atoms with E-state index in [0.29, 0.717) is 0 Å². The zero-order valence-electron chi connectivity index (χ0n) is 8.16. The molecular weight excluding hydrogens is 180 g/mol. The van der Waals surface area contributed by atoms with Crippen LogP contribution in [0.4, 0.5) is 0 Å². The van der Waals surface area contributed by atoms with Crippen LogP contribution in [0.3, 0.4) is 0 Å². The molecule has 1 atom stereocenters. The van der Waals surface area contributed by atoms with E-state index in [2.05, 4.69) is 30.5 Å². The fourth-order valence-corrected chi connectivity index (χ4v) is 1.69. The Morgan fingerprint density at radius 3 is 2.85 bits per heavy atom. The van der Waals surface area contributed by atoms with Crippen molar-refractivity contribution in [1.82, 2.24) is 0 Å². The molecule has 0 fully saturated rings. The summed E-state index contributed by atoms with van der Waals surface area (Å²) < 4.78 is 0. The van der Waals surface area contributed by atoms with Crippen LogP contribution in [0.5, 0.6) is 0 Å². The molecule has 0 aliphatic heterocycles. The molecule has 1 aromatic carbocycles. The van der Waals surface area contributed by atoms with Crippen molar-refractivity contribution in [3.63, 3.8) is 0 Å². The summed E-state index contributed by atoms with van der Waals surface area (Å²) in [5, 5.41) is 9.13. The molecule has 0 heterocycles. The summed E-state index contributed by atoms with van der Waals surface area (Å²) in [6, 6.07) is 8.48. The number of aliphatic hydroxyl groups is 1. The lowest BCUT2D eigenvalue weighted by Gasteiger charge is -2.05.